The number of benzene rings is 1. The van der Waals surface area contributed by atoms with Crippen LogP contribution in [0.15, 0.2) is 43.0 Å². The van der Waals surface area contributed by atoms with E-state index in [-0.39, 0.29) is 6.54 Å². The summed E-state index contributed by atoms with van der Waals surface area (Å²) in [6.45, 7) is 8.05. The minimum absolute atomic E-state index is 0.180. The first-order valence-electron chi connectivity index (χ1n) is 7.62. The molecule has 25 heavy (non-hydrogen) atoms. The third-order valence-corrected chi connectivity index (χ3v) is 4.16. The van der Waals surface area contributed by atoms with Gasteiger partial charge in [0.2, 0.25) is 0 Å². The van der Waals surface area contributed by atoms with Gasteiger partial charge in [0.25, 0.3) is 5.91 Å². The number of methoxy groups -OCH3 is 1. The van der Waals surface area contributed by atoms with Gasteiger partial charge in [-0.1, -0.05) is 25.3 Å². The maximum atomic E-state index is 12.3. The highest BCUT2D eigenvalue weighted by atomic mass is 16.5. The van der Waals surface area contributed by atoms with Crippen molar-refractivity contribution < 1.29 is 19.1 Å². The fourth-order valence-corrected chi connectivity index (χ4v) is 2.81. The molecule has 0 spiro atoms. The minimum atomic E-state index is -1.28. The Bertz CT molecular complexity index is 744. The number of carbonyl (C=O) groups is 3. The Hall–Kier alpha value is -2.93. The molecule has 1 saturated heterocycles. The number of urea groups is 1. The number of imide groups is 1. The third kappa shape index (κ3) is 3.61. The summed E-state index contributed by atoms with van der Waals surface area (Å²) >= 11 is 0. The van der Waals surface area contributed by atoms with Gasteiger partial charge >= 0.3 is 6.03 Å². The summed E-state index contributed by atoms with van der Waals surface area (Å²) in [5.74, 6) is 0.118. The quantitative estimate of drug-likeness (QED) is 0.421. The molecule has 0 bridgehead atoms. The van der Waals surface area contributed by atoms with Crippen LogP contribution >= 0.6 is 0 Å². The van der Waals surface area contributed by atoms with Crippen LogP contribution in [0.2, 0.25) is 0 Å². The molecule has 1 aliphatic rings. The van der Waals surface area contributed by atoms with Crippen molar-refractivity contribution in [2.45, 2.75) is 12.1 Å². The lowest BCUT2D eigenvalue weighted by molar-refractivity contribution is -0.123. The maximum Gasteiger partial charge on any atom is 0.322 e. The number of ether oxygens (including phenoxy) is 1. The summed E-state index contributed by atoms with van der Waals surface area (Å²) in [5, 5.41) is 4.86. The zero-order valence-corrected chi connectivity index (χ0v) is 14.3. The normalized spacial score (nSPS) is 19.3. The van der Waals surface area contributed by atoms with Gasteiger partial charge in [0, 0.05) is 18.7 Å². The molecule has 1 fully saturated rings. The van der Waals surface area contributed by atoms with Crippen LogP contribution in [-0.2, 0) is 11.3 Å². The Morgan fingerprint density at radius 3 is 2.64 bits per heavy atom. The van der Waals surface area contributed by atoms with Gasteiger partial charge in [-0.25, -0.2) is 4.79 Å². The number of likely N-dealkylation sites (N-methyl/N-ethyl adjacent to an activating group) is 1. The molecule has 0 unspecified atom stereocenters. The molecule has 2 rings (SSSR count). The average Bonchev–Trinajstić information content (AvgIpc) is 2.88. The van der Waals surface area contributed by atoms with Crippen LogP contribution in [0.3, 0.4) is 0 Å². The highest BCUT2D eigenvalue weighted by molar-refractivity contribution is 6.09. The minimum Gasteiger partial charge on any atom is -0.497 e. The zero-order valence-electron chi connectivity index (χ0n) is 14.3. The lowest BCUT2D eigenvalue weighted by Gasteiger charge is -2.31. The average molecular weight is 343 g/mol. The molecule has 0 aromatic heterocycles. The molecule has 7 nitrogen and oxygen atoms in total. The molecule has 0 saturated carbocycles. The number of rotatable bonds is 8. The van der Waals surface area contributed by atoms with Crippen molar-refractivity contribution in [1.29, 1.82) is 0 Å². The SMILES string of the molecule is C=CC(=C)[C@]1(CN(C)Cc2ccc(OC)cc2C=O)NC(=O)NC1=O. The summed E-state index contributed by atoms with van der Waals surface area (Å²) < 4.78 is 5.12. The summed E-state index contributed by atoms with van der Waals surface area (Å²) in [5.41, 5.74) is 0.402. The van der Waals surface area contributed by atoms with Gasteiger partial charge < -0.3 is 10.1 Å². The first kappa shape index (κ1) is 18.4. The summed E-state index contributed by atoms with van der Waals surface area (Å²) in [6, 6.07) is 4.64. The van der Waals surface area contributed by atoms with Crippen LogP contribution in [0.1, 0.15) is 15.9 Å². The second kappa shape index (κ2) is 7.31. The molecule has 132 valence electrons. The molecule has 1 heterocycles. The van der Waals surface area contributed by atoms with E-state index in [1.165, 1.54) is 13.2 Å². The number of carbonyl (C=O) groups excluding carboxylic acids is 3. The fraction of sp³-hybridized carbons (Fsp3) is 0.278. The maximum absolute atomic E-state index is 12.3. The molecule has 1 aromatic carbocycles. The standard InChI is InChI=1S/C18H21N3O4/c1-5-12(2)18(16(23)19-17(24)20-18)11-21(3)9-13-6-7-15(25-4)8-14(13)10-22/h5-8,10H,1-2,9,11H2,3-4H3,(H2,19,20,23,24)/t18-/m0/s1. The molecular formula is C18H21N3O4. The van der Waals surface area contributed by atoms with E-state index < -0.39 is 17.5 Å². The van der Waals surface area contributed by atoms with E-state index in [2.05, 4.69) is 23.8 Å². The Morgan fingerprint density at radius 2 is 2.12 bits per heavy atom. The number of hydrogen-bond donors (Lipinski definition) is 2. The second-order valence-electron chi connectivity index (χ2n) is 5.90. The molecule has 7 heteroatoms. The molecule has 1 aromatic rings. The van der Waals surface area contributed by atoms with E-state index in [9.17, 15) is 14.4 Å². The van der Waals surface area contributed by atoms with Crippen LogP contribution in [0, 0.1) is 0 Å². The molecule has 3 amide bonds. The molecule has 2 N–H and O–H groups in total. The van der Waals surface area contributed by atoms with Gasteiger partial charge in [-0.2, -0.15) is 0 Å². The first-order chi connectivity index (χ1) is 11.9. The van der Waals surface area contributed by atoms with E-state index in [1.54, 1.807) is 25.2 Å². The smallest absolute Gasteiger partial charge is 0.322 e. The largest absolute Gasteiger partial charge is 0.497 e. The van der Waals surface area contributed by atoms with E-state index in [0.29, 0.717) is 23.4 Å². The number of aldehydes is 1. The number of nitrogens with one attached hydrogen (secondary N) is 2. The lowest BCUT2D eigenvalue weighted by atomic mass is 9.90. The molecule has 1 atom stereocenters. The van der Waals surface area contributed by atoms with E-state index in [4.69, 9.17) is 4.74 Å². The van der Waals surface area contributed by atoms with Crippen LogP contribution in [0.5, 0.6) is 5.75 Å². The Labute approximate surface area is 146 Å². The van der Waals surface area contributed by atoms with Gasteiger partial charge in [0.1, 0.15) is 5.75 Å². The van der Waals surface area contributed by atoms with Gasteiger partial charge in [0.15, 0.2) is 11.8 Å². The first-order valence-corrected chi connectivity index (χ1v) is 7.62. The lowest BCUT2D eigenvalue weighted by Crippen LogP contribution is -2.55. The number of hydrogen-bond acceptors (Lipinski definition) is 5. The molecule has 1 aliphatic heterocycles. The number of amides is 3. The monoisotopic (exact) mass is 343 g/mol. The topological polar surface area (TPSA) is 87.7 Å². The highest BCUT2D eigenvalue weighted by Crippen LogP contribution is 2.24. The highest BCUT2D eigenvalue weighted by Gasteiger charge is 2.48. The van der Waals surface area contributed by atoms with Crippen molar-refractivity contribution in [3.8, 4) is 5.75 Å². The second-order valence-corrected chi connectivity index (χ2v) is 5.90. The van der Waals surface area contributed by atoms with Crippen LogP contribution in [0.4, 0.5) is 4.79 Å². The summed E-state index contributed by atoms with van der Waals surface area (Å²) in [4.78, 5) is 37.0. The Kier molecular flexibility index (Phi) is 5.38. The van der Waals surface area contributed by atoms with Crippen molar-refractivity contribution in [2.24, 2.45) is 0 Å². The number of nitrogens with zero attached hydrogens (tertiary/aromatic N) is 1. The van der Waals surface area contributed by atoms with Gasteiger partial charge in [-0.05, 0) is 30.3 Å². The predicted molar refractivity (Wildman–Crippen MR) is 93.5 cm³/mol. The third-order valence-electron chi connectivity index (χ3n) is 4.16. The Balaban J connectivity index is 2.23. The van der Waals surface area contributed by atoms with E-state index in [0.717, 1.165) is 11.8 Å². The van der Waals surface area contributed by atoms with Crippen molar-refractivity contribution in [1.82, 2.24) is 15.5 Å². The fourth-order valence-electron chi connectivity index (χ4n) is 2.81. The molecule has 0 radical (unpaired) electrons. The predicted octanol–water partition coefficient (Wildman–Crippen LogP) is 1.26. The zero-order chi connectivity index (χ0) is 18.6. The van der Waals surface area contributed by atoms with Gasteiger partial charge in [0.05, 0.1) is 7.11 Å². The van der Waals surface area contributed by atoms with Crippen molar-refractivity contribution >= 4 is 18.2 Å². The van der Waals surface area contributed by atoms with Gasteiger partial charge in [-0.3, -0.25) is 19.8 Å². The summed E-state index contributed by atoms with van der Waals surface area (Å²) in [6.07, 6.45) is 2.21. The van der Waals surface area contributed by atoms with Crippen molar-refractivity contribution in [2.75, 3.05) is 20.7 Å². The molecular weight excluding hydrogens is 322 g/mol. The van der Waals surface area contributed by atoms with Gasteiger partial charge in [-0.15, -0.1) is 0 Å². The van der Waals surface area contributed by atoms with Crippen LogP contribution in [0.25, 0.3) is 0 Å². The van der Waals surface area contributed by atoms with Crippen LogP contribution < -0.4 is 15.4 Å². The van der Waals surface area contributed by atoms with Crippen molar-refractivity contribution in [3.05, 3.63) is 54.1 Å². The van der Waals surface area contributed by atoms with E-state index in [1.807, 2.05) is 4.90 Å². The summed E-state index contributed by atoms with van der Waals surface area (Å²) in [7, 11) is 3.32. The van der Waals surface area contributed by atoms with E-state index >= 15 is 0 Å². The Morgan fingerprint density at radius 1 is 1.40 bits per heavy atom. The van der Waals surface area contributed by atoms with Crippen molar-refractivity contribution in [3.63, 3.8) is 0 Å². The van der Waals surface area contributed by atoms with Crippen LogP contribution in [-0.4, -0.2) is 49.4 Å². The molecule has 0 aliphatic carbocycles.